The SMILES string of the molecule is CC1CCC(C)CC(C2CC2)C1. The minimum atomic E-state index is 1.01. The first-order chi connectivity index (χ1) is 5.75. The highest BCUT2D eigenvalue weighted by molar-refractivity contribution is 4.85. The van der Waals surface area contributed by atoms with Crippen LogP contribution < -0.4 is 0 Å². The van der Waals surface area contributed by atoms with Crippen LogP contribution >= 0.6 is 0 Å². The lowest BCUT2D eigenvalue weighted by molar-refractivity contribution is 0.336. The van der Waals surface area contributed by atoms with Crippen molar-refractivity contribution < 1.29 is 0 Å². The Morgan fingerprint density at radius 3 is 1.58 bits per heavy atom. The van der Waals surface area contributed by atoms with Gasteiger partial charge in [-0.05, 0) is 49.4 Å². The predicted molar refractivity (Wildman–Crippen MR) is 53.0 cm³/mol. The predicted octanol–water partition coefficient (Wildman–Crippen LogP) is 3.86. The summed E-state index contributed by atoms with van der Waals surface area (Å²) in [6.45, 7) is 4.90. The van der Waals surface area contributed by atoms with Crippen LogP contribution in [-0.2, 0) is 0 Å². The molecule has 0 heteroatoms. The molecule has 70 valence electrons. The van der Waals surface area contributed by atoms with Crippen LogP contribution in [0.3, 0.4) is 0 Å². The molecule has 0 aliphatic heterocycles. The van der Waals surface area contributed by atoms with E-state index in [2.05, 4.69) is 13.8 Å². The average molecular weight is 166 g/mol. The number of hydrogen-bond donors (Lipinski definition) is 0. The molecular weight excluding hydrogens is 144 g/mol. The Hall–Kier alpha value is 0. The number of rotatable bonds is 1. The van der Waals surface area contributed by atoms with E-state index in [0.29, 0.717) is 0 Å². The zero-order chi connectivity index (χ0) is 8.55. The van der Waals surface area contributed by atoms with Crippen molar-refractivity contribution in [1.82, 2.24) is 0 Å². The molecule has 0 amide bonds. The standard InChI is InChI=1S/C12H22/c1-9-3-4-10(2)8-12(7-9)11-5-6-11/h9-12H,3-8H2,1-2H3. The molecule has 2 rings (SSSR count). The van der Waals surface area contributed by atoms with E-state index in [1.54, 1.807) is 12.8 Å². The second kappa shape index (κ2) is 3.40. The van der Waals surface area contributed by atoms with Crippen molar-refractivity contribution in [3.05, 3.63) is 0 Å². The molecule has 0 aromatic carbocycles. The summed E-state index contributed by atoms with van der Waals surface area (Å²) in [7, 11) is 0. The van der Waals surface area contributed by atoms with Crippen LogP contribution in [-0.4, -0.2) is 0 Å². The Bertz CT molecular complexity index is 134. The second-order valence-corrected chi connectivity index (χ2v) is 5.36. The Balaban J connectivity index is 1.92. The molecule has 0 bridgehead atoms. The van der Waals surface area contributed by atoms with Gasteiger partial charge in [-0.3, -0.25) is 0 Å². The number of hydrogen-bond acceptors (Lipinski definition) is 0. The first-order valence-corrected chi connectivity index (χ1v) is 5.75. The molecule has 0 nitrogen and oxygen atoms in total. The third-order valence-corrected chi connectivity index (χ3v) is 3.85. The highest BCUT2D eigenvalue weighted by atomic mass is 14.4. The van der Waals surface area contributed by atoms with E-state index in [0.717, 1.165) is 23.7 Å². The van der Waals surface area contributed by atoms with Crippen LogP contribution in [0.5, 0.6) is 0 Å². The van der Waals surface area contributed by atoms with Crippen molar-refractivity contribution in [2.45, 2.75) is 52.4 Å². The van der Waals surface area contributed by atoms with Gasteiger partial charge >= 0.3 is 0 Å². The van der Waals surface area contributed by atoms with Crippen molar-refractivity contribution >= 4 is 0 Å². The molecule has 2 aliphatic rings. The van der Waals surface area contributed by atoms with Crippen LogP contribution in [0.25, 0.3) is 0 Å². The van der Waals surface area contributed by atoms with Crippen molar-refractivity contribution in [3.8, 4) is 0 Å². The summed E-state index contributed by atoms with van der Waals surface area (Å²) in [5.41, 5.74) is 0. The molecule has 0 heterocycles. The quantitative estimate of drug-likeness (QED) is 0.519. The highest BCUT2D eigenvalue weighted by Crippen LogP contribution is 2.45. The van der Waals surface area contributed by atoms with Crippen LogP contribution in [0, 0.1) is 23.7 Å². The second-order valence-electron chi connectivity index (χ2n) is 5.36. The van der Waals surface area contributed by atoms with E-state index in [1.807, 2.05) is 0 Å². The van der Waals surface area contributed by atoms with Crippen molar-refractivity contribution in [2.24, 2.45) is 23.7 Å². The zero-order valence-electron chi connectivity index (χ0n) is 8.55. The van der Waals surface area contributed by atoms with Gasteiger partial charge in [0.15, 0.2) is 0 Å². The molecule has 0 radical (unpaired) electrons. The van der Waals surface area contributed by atoms with E-state index in [9.17, 15) is 0 Å². The molecule has 0 N–H and O–H groups in total. The third-order valence-electron chi connectivity index (χ3n) is 3.85. The fraction of sp³-hybridized carbons (Fsp3) is 1.00. The topological polar surface area (TPSA) is 0 Å². The molecule has 2 fully saturated rings. The van der Waals surface area contributed by atoms with Gasteiger partial charge in [0, 0.05) is 0 Å². The maximum Gasteiger partial charge on any atom is -0.0381 e. The molecule has 0 aromatic heterocycles. The van der Waals surface area contributed by atoms with Crippen LogP contribution in [0.4, 0.5) is 0 Å². The average Bonchev–Trinajstić information content (AvgIpc) is 2.79. The Labute approximate surface area is 76.7 Å². The maximum atomic E-state index is 2.45. The largest absolute Gasteiger partial charge is 0.0625 e. The molecule has 2 saturated carbocycles. The summed E-state index contributed by atoms with van der Waals surface area (Å²) < 4.78 is 0. The van der Waals surface area contributed by atoms with E-state index < -0.39 is 0 Å². The summed E-state index contributed by atoms with van der Waals surface area (Å²) in [6.07, 6.45) is 9.15. The van der Waals surface area contributed by atoms with Crippen molar-refractivity contribution in [2.75, 3.05) is 0 Å². The van der Waals surface area contributed by atoms with Gasteiger partial charge < -0.3 is 0 Å². The van der Waals surface area contributed by atoms with Gasteiger partial charge in [0.1, 0.15) is 0 Å². The molecule has 0 aromatic rings. The van der Waals surface area contributed by atoms with Crippen molar-refractivity contribution in [1.29, 1.82) is 0 Å². The Morgan fingerprint density at radius 1 is 0.667 bits per heavy atom. The normalized spacial score (nSPS) is 44.0. The summed E-state index contributed by atoms with van der Waals surface area (Å²) in [5, 5.41) is 0. The first kappa shape index (κ1) is 8.59. The van der Waals surface area contributed by atoms with E-state index >= 15 is 0 Å². The smallest absolute Gasteiger partial charge is 0.0381 e. The van der Waals surface area contributed by atoms with E-state index in [4.69, 9.17) is 0 Å². The summed E-state index contributed by atoms with van der Waals surface area (Å²) in [4.78, 5) is 0. The molecule has 2 aliphatic carbocycles. The van der Waals surface area contributed by atoms with Crippen LogP contribution in [0.15, 0.2) is 0 Å². The first-order valence-electron chi connectivity index (χ1n) is 5.75. The van der Waals surface area contributed by atoms with Gasteiger partial charge in [-0.2, -0.15) is 0 Å². The fourth-order valence-electron chi connectivity index (χ4n) is 2.89. The Morgan fingerprint density at radius 2 is 1.17 bits per heavy atom. The molecule has 12 heavy (non-hydrogen) atoms. The van der Waals surface area contributed by atoms with Gasteiger partial charge in [-0.15, -0.1) is 0 Å². The van der Waals surface area contributed by atoms with E-state index in [1.165, 1.54) is 25.7 Å². The summed E-state index contributed by atoms with van der Waals surface area (Å²) >= 11 is 0. The van der Waals surface area contributed by atoms with Gasteiger partial charge in [0.05, 0.1) is 0 Å². The molecular formula is C12H22. The minimum absolute atomic E-state index is 1.01. The zero-order valence-corrected chi connectivity index (χ0v) is 8.55. The lowest BCUT2D eigenvalue weighted by Crippen LogP contribution is -2.07. The van der Waals surface area contributed by atoms with Crippen LogP contribution in [0.2, 0.25) is 0 Å². The molecule has 0 saturated heterocycles. The van der Waals surface area contributed by atoms with Gasteiger partial charge in [-0.1, -0.05) is 26.7 Å². The summed E-state index contributed by atoms with van der Waals surface area (Å²) in [5.74, 6) is 4.28. The minimum Gasteiger partial charge on any atom is -0.0625 e. The third kappa shape index (κ3) is 2.02. The summed E-state index contributed by atoms with van der Waals surface area (Å²) in [6, 6.07) is 0. The van der Waals surface area contributed by atoms with Gasteiger partial charge in [0.25, 0.3) is 0 Å². The monoisotopic (exact) mass is 166 g/mol. The Kier molecular flexibility index (Phi) is 2.43. The molecule has 2 unspecified atom stereocenters. The lowest BCUT2D eigenvalue weighted by Gasteiger charge is -2.17. The van der Waals surface area contributed by atoms with Crippen molar-refractivity contribution in [3.63, 3.8) is 0 Å². The fourth-order valence-corrected chi connectivity index (χ4v) is 2.89. The van der Waals surface area contributed by atoms with E-state index in [-0.39, 0.29) is 0 Å². The van der Waals surface area contributed by atoms with Gasteiger partial charge in [-0.25, -0.2) is 0 Å². The molecule has 0 spiro atoms. The van der Waals surface area contributed by atoms with Crippen LogP contribution in [0.1, 0.15) is 52.4 Å². The lowest BCUT2D eigenvalue weighted by atomic mass is 9.89. The molecule has 2 atom stereocenters. The van der Waals surface area contributed by atoms with Gasteiger partial charge in [0.2, 0.25) is 0 Å². The highest BCUT2D eigenvalue weighted by Gasteiger charge is 2.34. The maximum absolute atomic E-state index is 2.45.